The molecule has 0 radical (unpaired) electrons. The van der Waals surface area contributed by atoms with Crippen molar-refractivity contribution < 1.29 is 9.72 Å². The molecular formula is C10H7N3O3S2. The number of non-ortho nitro benzene ring substituents is 1. The highest BCUT2D eigenvalue weighted by molar-refractivity contribution is 8.01. The Kier molecular flexibility index (Phi) is 4.00. The van der Waals surface area contributed by atoms with E-state index in [0.717, 1.165) is 0 Å². The Bertz CT molecular complexity index is 572. The molecule has 0 saturated heterocycles. The summed E-state index contributed by atoms with van der Waals surface area (Å²) in [5.41, 5.74) is 1.84. The minimum atomic E-state index is -0.519. The molecule has 2 aromatic rings. The molecular weight excluding hydrogens is 274 g/mol. The predicted octanol–water partition coefficient (Wildman–Crippen LogP) is 2.42. The van der Waals surface area contributed by atoms with Crippen LogP contribution < -0.4 is 0 Å². The van der Waals surface area contributed by atoms with E-state index in [0.29, 0.717) is 9.90 Å². The lowest BCUT2D eigenvalue weighted by atomic mass is 10.1. The zero-order chi connectivity index (χ0) is 13.0. The van der Waals surface area contributed by atoms with Crippen molar-refractivity contribution in [2.45, 2.75) is 4.34 Å². The van der Waals surface area contributed by atoms with Crippen molar-refractivity contribution in [3.63, 3.8) is 0 Å². The fraction of sp³-hybridized carbons (Fsp3) is 0.100. The maximum Gasteiger partial charge on any atom is 0.270 e. The third-order valence-electron chi connectivity index (χ3n) is 2.05. The average Bonchev–Trinajstić information content (AvgIpc) is 2.89. The number of ketones is 1. The Balaban J connectivity index is 2.04. The molecule has 0 saturated carbocycles. The highest BCUT2D eigenvalue weighted by Crippen LogP contribution is 2.21. The maximum absolute atomic E-state index is 11.8. The number of hydrogen-bond donors (Lipinski definition) is 0. The number of benzene rings is 1. The Morgan fingerprint density at radius 3 is 3.00 bits per heavy atom. The summed E-state index contributed by atoms with van der Waals surface area (Å²) in [6.07, 6.45) is 0. The Morgan fingerprint density at radius 1 is 1.50 bits per heavy atom. The van der Waals surface area contributed by atoms with Crippen molar-refractivity contribution in [1.29, 1.82) is 0 Å². The first-order valence-corrected chi connectivity index (χ1v) is 6.70. The van der Waals surface area contributed by atoms with E-state index in [4.69, 9.17) is 0 Å². The molecule has 0 unspecified atom stereocenters. The summed E-state index contributed by atoms with van der Waals surface area (Å²) >= 11 is 2.62. The van der Waals surface area contributed by atoms with Gasteiger partial charge in [-0.1, -0.05) is 35.2 Å². The summed E-state index contributed by atoms with van der Waals surface area (Å²) in [5, 5.41) is 18.0. The van der Waals surface area contributed by atoms with Gasteiger partial charge in [0, 0.05) is 17.7 Å². The second-order valence-corrected chi connectivity index (χ2v) is 5.28. The lowest BCUT2D eigenvalue weighted by molar-refractivity contribution is -0.384. The molecule has 0 spiro atoms. The van der Waals surface area contributed by atoms with E-state index in [1.54, 1.807) is 11.6 Å². The first kappa shape index (κ1) is 12.7. The van der Waals surface area contributed by atoms with Crippen LogP contribution in [0, 0.1) is 10.1 Å². The molecule has 0 N–H and O–H groups in total. The smallest absolute Gasteiger partial charge is 0.270 e. The average molecular weight is 281 g/mol. The van der Waals surface area contributed by atoms with Gasteiger partial charge >= 0.3 is 0 Å². The van der Waals surface area contributed by atoms with Gasteiger partial charge < -0.3 is 0 Å². The van der Waals surface area contributed by atoms with Crippen molar-refractivity contribution in [3.05, 3.63) is 45.5 Å². The van der Waals surface area contributed by atoms with E-state index in [1.165, 1.54) is 41.3 Å². The van der Waals surface area contributed by atoms with Gasteiger partial charge in [-0.05, 0) is 0 Å². The fourth-order valence-corrected chi connectivity index (χ4v) is 2.61. The SMILES string of the molecule is O=C(CSc1nncs1)c1cccc([N+](=O)[O-])c1. The van der Waals surface area contributed by atoms with Gasteiger partial charge in [0.25, 0.3) is 5.69 Å². The van der Waals surface area contributed by atoms with Crippen molar-refractivity contribution in [2.75, 3.05) is 5.75 Å². The zero-order valence-corrected chi connectivity index (χ0v) is 10.6. The molecule has 2 rings (SSSR count). The second kappa shape index (κ2) is 5.69. The highest BCUT2D eigenvalue weighted by atomic mass is 32.2. The minimum Gasteiger partial charge on any atom is -0.293 e. The summed E-state index contributed by atoms with van der Waals surface area (Å²) < 4.78 is 0.703. The lowest BCUT2D eigenvalue weighted by Gasteiger charge is -1.99. The number of rotatable bonds is 5. The molecule has 0 bridgehead atoms. The van der Waals surface area contributed by atoms with Gasteiger partial charge in [-0.3, -0.25) is 14.9 Å². The number of Topliss-reactive ketones (excluding diaryl/α,β-unsaturated/α-hetero) is 1. The lowest BCUT2D eigenvalue weighted by Crippen LogP contribution is -2.03. The Hall–Kier alpha value is -1.80. The first-order valence-electron chi connectivity index (χ1n) is 4.83. The number of carbonyl (C=O) groups excluding carboxylic acids is 1. The molecule has 6 nitrogen and oxygen atoms in total. The highest BCUT2D eigenvalue weighted by Gasteiger charge is 2.12. The van der Waals surface area contributed by atoms with Crippen LogP contribution in [0.2, 0.25) is 0 Å². The van der Waals surface area contributed by atoms with E-state index in [-0.39, 0.29) is 17.2 Å². The van der Waals surface area contributed by atoms with E-state index < -0.39 is 4.92 Å². The van der Waals surface area contributed by atoms with Crippen LogP contribution in [0.4, 0.5) is 5.69 Å². The standard InChI is InChI=1S/C10H7N3O3S2/c14-9(5-17-10-12-11-6-18-10)7-2-1-3-8(4-7)13(15)16/h1-4,6H,5H2. The summed E-state index contributed by atoms with van der Waals surface area (Å²) in [6, 6.07) is 5.70. The van der Waals surface area contributed by atoms with E-state index in [9.17, 15) is 14.9 Å². The summed E-state index contributed by atoms with van der Waals surface area (Å²) in [6.45, 7) is 0. The zero-order valence-electron chi connectivity index (χ0n) is 8.98. The minimum absolute atomic E-state index is 0.0817. The van der Waals surface area contributed by atoms with Crippen LogP contribution >= 0.6 is 23.1 Å². The van der Waals surface area contributed by atoms with Crippen molar-refractivity contribution >= 4 is 34.6 Å². The Labute approximate surface area is 110 Å². The molecule has 8 heteroatoms. The van der Waals surface area contributed by atoms with Gasteiger partial charge in [-0.15, -0.1) is 10.2 Å². The molecule has 0 amide bonds. The number of hydrogen-bond acceptors (Lipinski definition) is 7. The van der Waals surface area contributed by atoms with Gasteiger partial charge in [0.2, 0.25) is 0 Å². The van der Waals surface area contributed by atoms with Gasteiger partial charge in [-0.2, -0.15) is 0 Å². The molecule has 92 valence electrons. The molecule has 0 aliphatic carbocycles. The summed E-state index contributed by atoms with van der Waals surface area (Å²) in [4.78, 5) is 21.9. The van der Waals surface area contributed by atoms with E-state index in [1.807, 2.05) is 0 Å². The number of aromatic nitrogens is 2. The predicted molar refractivity (Wildman–Crippen MR) is 68.1 cm³/mol. The molecule has 0 aliphatic rings. The number of nitro benzene ring substituents is 1. The van der Waals surface area contributed by atoms with Crippen LogP contribution in [-0.4, -0.2) is 26.7 Å². The van der Waals surface area contributed by atoms with Gasteiger partial charge in [0.15, 0.2) is 10.1 Å². The molecule has 1 heterocycles. The normalized spacial score (nSPS) is 10.2. The second-order valence-electron chi connectivity index (χ2n) is 3.22. The van der Waals surface area contributed by atoms with Crippen LogP contribution in [-0.2, 0) is 0 Å². The first-order chi connectivity index (χ1) is 8.66. The topological polar surface area (TPSA) is 86.0 Å². The number of thioether (sulfide) groups is 1. The monoisotopic (exact) mass is 281 g/mol. The fourth-order valence-electron chi connectivity index (χ4n) is 1.23. The van der Waals surface area contributed by atoms with Crippen molar-refractivity contribution in [1.82, 2.24) is 10.2 Å². The summed E-state index contributed by atoms with van der Waals surface area (Å²) in [5.74, 6) is 0.0231. The van der Waals surface area contributed by atoms with Crippen LogP contribution in [0.25, 0.3) is 0 Å². The maximum atomic E-state index is 11.8. The quantitative estimate of drug-likeness (QED) is 0.362. The van der Waals surface area contributed by atoms with Crippen molar-refractivity contribution in [2.24, 2.45) is 0 Å². The molecule has 1 aromatic heterocycles. The van der Waals surface area contributed by atoms with Gasteiger partial charge in [0.05, 0.1) is 10.7 Å². The number of nitro groups is 1. The van der Waals surface area contributed by atoms with E-state index in [2.05, 4.69) is 10.2 Å². The van der Waals surface area contributed by atoms with Crippen LogP contribution in [0.15, 0.2) is 34.1 Å². The third-order valence-corrected chi connectivity index (χ3v) is 3.91. The number of nitrogens with zero attached hydrogens (tertiary/aromatic N) is 3. The molecule has 0 atom stereocenters. The van der Waals surface area contributed by atoms with Crippen LogP contribution in [0.1, 0.15) is 10.4 Å². The van der Waals surface area contributed by atoms with Crippen molar-refractivity contribution in [3.8, 4) is 0 Å². The molecule has 18 heavy (non-hydrogen) atoms. The summed E-state index contributed by atoms with van der Waals surface area (Å²) in [7, 11) is 0. The Morgan fingerprint density at radius 2 is 2.33 bits per heavy atom. The molecule has 1 aromatic carbocycles. The number of carbonyl (C=O) groups is 1. The third kappa shape index (κ3) is 3.11. The van der Waals surface area contributed by atoms with Gasteiger partial charge in [-0.25, -0.2) is 0 Å². The largest absolute Gasteiger partial charge is 0.293 e. The van der Waals surface area contributed by atoms with E-state index >= 15 is 0 Å². The van der Waals surface area contributed by atoms with Gasteiger partial charge in [0.1, 0.15) is 5.51 Å². The molecule has 0 aliphatic heterocycles. The molecule has 0 fully saturated rings. The van der Waals surface area contributed by atoms with Crippen LogP contribution in [0.5, 0.6) is 0 Å². The van der Waals surface area contributed by atoms with Crippen LogP contribution in [0.3, 0.4) is 0 Å².